The number of rotatable bonds is 7. The zero-order valence-corrected chi connectivity index (χ0v) is 15.3. The van der Waals surface area contributed by atoms with Crippen molar-refractivity contribution in [3.05, 3.63) is 46.2 Å². The Hall–Kier alpha value is -2.05. The summed E-state index contributed by atoms with van der Waals surface area (Å²) in [5.41, 5.74) is 2.14. The zero-order chi connectivity index (χ0) is 17.8. The van der Waals surface area contributed by atoms with Crippen LogP contribution < -0.4 is 9.47 Å². The molecule has 134 valence electrons. The Morgan fingerprint density at radius 1 is 1.36 bits per heavy atom. The minimum absolute atomic E-state index is 0.0978. The first kappa shape index (κ1) is 17.8. The molecule has 1 aromatic carbocycles. The van der Waals surface area contributed by atoms with Gasteiger partial charge < -0.3 is 14.6 Å². The minimum atomic E-state index is -0.754. The summed E-state index contributed by atoms with van der Waals surface area (Å²) in [7, 11) is 1.62. The SMILES string of the molecule is CCOc1ccc(C(c2ccsc2)N2CCCC2C(=O)O)cc1OC. The maximum Gasteiger partial charge on any atom is 0.320 e. The quantitative estimate of drug-likeness (QED) is 0.813. The van der Waals surface area contributed by atoms with Crippen molar-refractivity contribution >= 4 is 17.3 Å². The van der Waals surface area contributed by atoms with Crippen molar-refractivity contribution in [2.75, 3.05) is 20.3 Å². The minimum Gasteiger partial charge on any atom is -0.493 e. The van der Waals surface area contributed by atoms with Crippen LogP contribution in [-0.4, -0.2) is 42.3 Å². The van der Waals surface area contributed by atoms with E-state index in [9.17, 15) is 9.90 Å². The Bertz CT molecular complexity index is 716. The van der Waals surface area contributed by atoms with Crippen molar-refractivity contribution < 1.29 is 19.4 Å². The fourth-order valence-electron chi connectivity index (χ4n) is 3.50. The van der Waals surface area contributed by atoms with Gasteiger partial charge in [0.15, 0.2) is 11.5 Å². The molecule has 5 nitrogen and oxygen atoms in total. The molecule has 1 N–H and O–H groups in total. The topological polar surface area (TPSA) is 59.0 Å². The summed E-state index contributed by atoms with van der Waals surface area (Å²) < 4.78 is 11.1. The Kier molecular flexibility index (Phi) is 5.60. The van der Waals surface area contributed by atoms with Gasteiger partial charge in [0.1, 0.15) is 6.04 Å². The van der Waals surface area contributed by atoms with Crippen molar-refractivity contribution in [3.8, 4) is 11.5 Å². The number of thiophene rings is 1. The molecule has 1 aliphatic rings. The van der Waals surface area contributed by atoms with E-state index in [0.29, 0.717) is 24.5 Å². The van der Waals surface area contributed by atoms with E-state index in [4.69, 9.17) is 9.47 Å². The number of ether oxygens (including phenoxy) is 2. The number of methoxy groups -OCH3 is 1. The Balaban J connectivity index is 2.02. The third kappa shape index (κ3) is 3.65. The van der Waals surface area contributed by atoms with E-state index in [1.807, 2.05) is 30.5 Å². The lowest BCUT2D eigenvalue weighted by Gasteiger charge is -2.31. The van der Waals surface area contributed by atoms with E-state index in [2.05, 4.69) is 16.3 Å². The molecule has 1 saturated heterocycles. The lowest BCUT2D eigenvalue weighted by atomic mass is 9.98. The predicted octanol–water partition coefficient (Wildman–Crippen LogP) is 3.79. The van der Waals surface area contributed by atoms with Crippen molar-refractivity contribution in [2.24, 2.45) is 0 Å². The summed E-state index contributed by atoms with van der Waals surface area (Å²) in [4.78, 5) is 13.8. The number of benzene rings is 1. The average molecular weight is 361 g/mol. The number of nitrogens with zero attached hydrogens (tertiary/aromatic N) is 1. The third-order valence-corrected chi connectivity index (χ3v) is 5.27. The number of carbonyl (C=O) groups is 1. The predicted molar refractivity (Wildman–Crippen MR) is 97.7 cm³/mol. The summed E-state index contributed by atoms with van der Waals surface area (Å²) in [5, 5.41) is 13.7. The average Bonchev–Trinajstić information content (AvgIpc) is 3.29. The van der Waals surface area contributed by atoms with Crippen LogP contribution in [0.15, 0.2) is 35.0 Å². The van der Waals surface area contributed by atoms with Crippen molar-refractivity contribution in [2.45, 2.75) is 31.8 Å². The first-order valence-corrected chi connectivity index (χ1v) is 9.41. The van der Waals surface area contributed by atoms with Crippen LogP contribution in [0.1, 0.15) is 36.9 Å². The molecule has 0 radical (unpaired) electrons. The van der Waals surface area contributed by atoms with Crippen LogP contribution in [0.25, 0.3) is 0 Å². The van der Waals surface area contributed by atoms with Gasteiger partial charge in [0.25, 0.3) is 0 Å². The summed E-state index contributed by atoms with van der Waals surface area (Å²) in [6.07, 6.45) is 1.58. The van der Waals surface area contributed by atoms with E-state index in [-0.39, 0.29) is 6.04 Å². The Morgan fingerprint density at radius 2 is 2.20 bits per heavy atom. The second-order valence-corrected chi connectivity index (χ2v) is 6.82. The normalized spacial score (nSPS) is 18.9. The number of carboxylic acid groups (broad SMARTS) is 1. The molecule has 25 heavy (non-hydrogen) atoms. The number of aliphatic carboxylic acids is 1. The molecule has 2 heterocycles. The number of likely N-dealkylation sites (tertiary alicyclic amines) is 1. The van der Waals surface area contributed by atoms with E-state index in [1.165, 1.54) is 0 Å². The molecule has 0 spiro atoms. The lowest BCUT2D eigenvalue weighted by molar-refractivity contribution is -0.142. The monoisotopic (exact) mass is 361 g/mol. The zero-order valence-electron chi connectivity index (χ0n) is 14.5. The molecule has 0 amide bonds. The third-order valence-electron chi connectivity index (χ3n) is 4.57. The van der Waals surface area contributed by atoms with Gasteiger partial charge in [0.2, 0.25) is 0 Å². The molecule has 1 aliphatic heterocycles. The first-order valence-electron chi connectivity index (χ1n) is 8.47. The highest BCUT2D eigenvalue weighted by atomic mass is 32.1. The highest BCUT2D eigenvalue weighted by Gasteiger charge is 2.37. The first-order chi connectivity index (χ1) is 12.2. The summed E-state index contributed by atoms with van der Waals surface area (Å²) in [6, 6.07) is 7.39. The van der Waals surface area contributed by atoms with Crippen LogP contribution >= 0.6 is 11.3 Å². The molecular weight excluding hydrogens is 338 g/mol. The Labute approximate surface area is 151 Å². The lowest BCUT2D eigenvalue weighted by Crippen LogP contribution is -2.39. The fraction of sp³-hybridized carbons (Fsp3) is 0.421. The highest BCUT2D eigenvalue weighted by Crippen LogP contribution is 2.39. The molecule has 0 aliphatic carbocycles. The summed E-state index contributed by atoms with van der Waals surface area (Å²) >= 11 is 1.62. The van der Waals surface area contributed by atoms with Crippen LogP contribution in [0, 0.1) is 0 Å². The second-order valence-electron chi connectivity index (χ2n) is 6.04. The van der Waals surface area contributed by atoms with Gasteiger partial charge >= 0.3 is 5.97 Å². The van der Waals surface area contributed by atoms with Crippen molar-refractivity contribution in [3.63, 3.8) is 0 Å². The van der Waals surface area contributed by atoms with Crippen LogP contribution in [0.3, 0.4) is 0 Å². The van der Waals surface area contributed by atoms with Crippen molar-refractivity contribution in [1.29, 1.82) is 0 Å². The summed E-state index contributed by atoms with van der Waals surface area (Å²) in [6.45, 7) is 3.27. The van der Waals surface area contributed by atoms with Crippen LogP contribution in [0.2, 0.25) is 0 Å². The molecular formula is C19H23NO4S. The van der Waals surface area contributed by atoms with Gasteiger partial charge in [-0.1, -0.05) is 6.07 Å². The molecule has 1 aromatic heterocycles. The van der Waals surface area contributed by atoms with Crippen molar-refractivity contribution in [1.82, 2.24) is 4.90 Å². The van der Waals surface area contributed by atoms with Gasteiger partial charge in [-0.15, -0.1) is 0 Å². The number of carboxylic acids is 1. The van der Waals surface area contributed by atoms with E-state index in [1.54, 1.807) is 18.4 Å². The largest absolute Gasteiger partial charge is 0.493 e. The highest BCUT2D eigenvalue weighted by molar-refractivity contribution is 7.08. The molecule has 3 rings (SSSR count). The fourth-order valence-corrected chi connectivity index (χ4v) is 4.18. The Morgan fingerprint density at radius 3 is 2.84 bits per heavy atom. The van der Waals surface area contributed by atoms with Crippen LogP contribution in [0.5, 0.6) is 11.5 Å². The summed E-state index contributed by atoms with van der Waals surface area (Å²) in [5.74, 6) is 0.621. The van der Waals surface area contributed by atoms with Crippen LogP contribution in [-0.2, 0) is 4.79 Å². The standard InChI is InChI=1S/C19H23NO4S/c1-3-24-16-7-6-13(11-17(16)23-2)18(14-8-10-25-12-14)20-9-4-5-15(20)19(21)22/h6-8,10-12,15,18H,3-5,9H2,1-2H3,(H,21,22). The van der Waals surface area contributed by atoms with E-state index >= 15 is 0 Å². The molecule has 0 bridgehead atoms. The maximum absolute atomic E-state index is 11.7. The molecule has 2 atom stereocenters. The molecule has 2 unspecified atom stereocenters. The molecule has 0 saturated carbocycles. The molecule has 1 fully saturated rings. The smallest absolute Gasteiger partial charge is 0.320 e. The van der Waals surface area contributed by atoms with Gasteiger partial charge in [0, 0.05) is 6.54 Å². The maximum atomic E-state index is 11.7. The van der Waals surface area contributed by atoms with E-state index < -0.39 is 12.0 Å². The van der Waals surface area contributed by atoms with Gasteiger partial charge in [-0.3, -0.25) is 9.69 Å². The second kappa shape index (κ2) is 7.89. The van der Waals surface area contributed by atoms with Crippen LogP contribution in [0.4, 0.5) is 0 Å². The van der Waals surface area contributed by atoms with E-state index in [0.717, 1.165) is 24.1 Å². The van der Waals surface area contributed by atoms with Gasteiger partial charge in [0.05, 0.1) is 19.8 Å². The van der Waals surface area contributed by atoms with Gasteiger partial charge in [-0.05, 0) is 59.9 Å². The molecule has 2 aromatic rings. The molecule has 6 heteroatoms. The number of hydrogen-bond donors (Lipinski definition) is 1. The van der Waals surface area contributed by atoms with Gasteiger partial charge in [-0.25, -0.2) is 0 Å². The van der Waals surface area contributed by atoms with Gasteiger partial charge in [-0.2, -0.15) is 11.3 Å². The number of hydrogen-bond acceptors (Lipinski definition) is 5.